The van der Waals surface area contributed by atoms with Gasteiger partial charge in [-0.25, -0.2) is 0 Å². The molecule has 0 saturated heterocycles. The summed E-state index contributed by atoms with van der Waals surface area (Å²) in [5, 5.41) is 12.1. The number of carboxylic acids is 1. The van der Waals surface area contributed by atoms with Gasteiger partial charge in [0.05, 0.1) is 5.41 Å². The van der Waals surface area contributed by atoms with Crippen LogP contribution >= 0.6 is 0 Å². The van der Waals surface area contributed by atoms with Crippen molar-refractivity contribution in [1.82, 2.24) is 5.32 Å². The maximum absolute atomic E-state index is 11.8. The highest BCUT2D eigenvalue weighted by Crippen LogP contribution is 2.44. The molecule has 0 radical (unpaired) electrons. The van der Waals surface area contributed by atoms with Crippen LogP contribution in [0.1, 0.15) is 51.9 Å². The van der Waals surface area contributed by atoms with Gasteiger partial charge in [-0.05, 0) is 31.6 Å². The van der Waals surface area contributed by atoms with Gasteiger partial charge >= 0.3 is 5.97 Å². The molecule has 2 atom stereocenters. The highest BCUT2D eigenvalue weighted by molar-refractivity contribution is 5.85. The van der Waals surface area contributed by atoms with Crippen molar-refractivity contribution in [2.45, 2.75) is 57.9 Å². The van der Waals surface area contributed by atoms with E-state index in [2.05, 4.69) is 12.2 Å². The Morgan fingerprint density at radius 3 is 2.59 bits per heavy atom. The summed E-state index contributed by atoms with van der Waals surface area (Å²) in [7, 11) is 0. The molecular formula is C13H21NO3. The molecule has 2 unspecified atom stereocenters. The predicted octanol–water partition coefficient (Wildman–Crippen LogP) is 1.94. The smallest absolute Gasteiger partial charge is 0.310 e. The van der Waals surface area contributed by atoms with E-state index in [1.807, 2.05) is 0 Å². The molecule has 4 heteroatoms. The average molecular weight is 239 g/mol. The van der Waals surface area contributed by atoms with Gasteiger partial charge in [-0.3, -0.25) is 9.59 Å². The van der Waals surface area contributed by atoms with E-state index in [1.165, 1.54) is 0 Å². The molecule has 0 aromatic carbocycles. The van der Waals surface area contributed by atoms with Gasteiger partial charge in [0, 0.05) is 12.5 Å². The number of carboxylic acid groups (broad SMARTS) is 1. The van der Waals surface area contributed by atoms with Gasteiger partial charge in [0.15, 0.2) is 0 Å². The molecule has 2 N–H and O–H groups in total. The molecule has 96 valence electrons. The third kappa shape index (κ3) is 2.61. The van der Waals surface area contributed by atoms with Crippen molar-refractivity contribution in [3.05, 3.63) is 0 Å². The molecule has 0 spiro atoms. The number of carbonyl (C=O) groups is 2. The van der Waals surface area contributed by atoms with E-state index < -0.39 is 11.4 Å². The van der Waals surface area contributed by atoms with E-state index in [-0.39, 0.29) is 12.3 Å². The van der Waals surface area contributed by atoms with Crippen LogP contribution in [0, 0.1) is 11.3 Å². The Balaban J connectivity index is 1.76. The van der Waals surface area contributed by atoms with E-state index in [0.717, 1.165) is 25.7 Å². The summed E-state index contributed by atoms with van der Waals surface area (Å²) in [6.45, 7) is 2.14. The predicted molar refractivity (Wildman–Crippen MR) is 63.5 cm³/mol. The number of aliphatic carboxylic acids is 1. The quantitative estimate of drug-likeness (QED) is 0.744. The van der Waals surface area contributed by atoms with Crippen molar-refractivity contribution in [3.8, 4) is 0 Å². The summed E-state index contributed by atoms with van der Waals surface area (Å²) in [6, 6.07) is 0.313. The Morgan fingerprint density at radius 1 is 1.41 bits per heavy atom. The van der Waals surface area contributed by atoms with E-state index >= 15 is 0 Å². The van der Waals surface area contributed by atoms with Crippen LogP contribution in [0.3, 0.4) is 0 Å². The lowest BCUT2D eigenvalue weighted by Gasteiger charge is -2.36. The van der Waals surface area contributed by atoms with Crippen LogP contribution in [0.2, 0.25) is 0 Å². The molecule has 17 heavy (non-hydrogen) atoms. The molecule has 0 bridgehead atoms. The number of hydrogen-bond acceptors (Lipinski definition) is 2. The molecule has 2 aliphatic rings. The maximum atomic E-state index is 11.8. The van der Waals surface area contributed by atoms with Crippen LogP contribution in [0.25, 0.3) is 0 Å². The fourth-order valence-corrected chi connectivity index (χ4v) is 2.75. The molecule has 0 aromatic heterocycles. The fraction of sp³-hybridized carbons (Fsp3) is 0.846. The highest BCUT2D eigenvalue weighted by Gasteiger charge is 2.47. The number of rotatable bonds is 6. The summed E-state index contributed by atoms with van der Waals surface area (Å²) in [5.41, 5.74) is -0.751. The Morgan fingerprint density at radius 2 is 2.12 bits per heavy atom. The first-order valence-corrected chi connectivity index (χ1v) is 6.60. The lowest BCUT2D eigenvalue weighted by atomic mass is 9.66. The zero-order chi connectivity index (χ0) is 12.5. The molecule has 0 aromatic rings. The lowest BCUT2D eigenvalue weighted by Crippen LogP contribution is -2.43. The van der Waals surface area contributed by atoms with Crippen molar-refractivity contribution in [2.24, 2.45) is 11.3 Å². The normalized spacial score (nSPS) is 29.2. The number of nitrogens with one attached hydrogen (secondary N) is 1. The first kappa shape index (κ1) is 12.4. The highest BCUT2D eigenvalue weighted by atomic mass is 16.4. The molecule has 2 rings (SSSR count). The van der Waals surface area contributed by atoms with Crippen LogP contribution in [-0.4, -0.2) is 23.0 Å². The van der Waals surface area contributed by atoms with Crippen LogP contribution < -0.4 is 5.32 Å². The molecule has 4 nitrogen and oxygen atoms in total. The monoisotopic (exact) mass is 239 g/mol. The van der Waals surface area contributed by atoms with Crippen molar-refractivity contribution in [1.29, 1.82) is 0 Å². The topological polar surface area (TPSA) is 66.4 Å². The third-order valence-electron chi connectivity index (χ3n) is 4.19. The minimum atomic E-state index is -0.806. The third-order valence-corrected chi connectivity index (χ3v) is 4.19. The van der Waals surface area contributed by atoms with Gasteiger partial charge in [-0.15, -0.1) is 0 Å². The SMILES string of the molecule is CCCC1CC1NC(=O)CC1(C(=O)O)CCC1. The Labute approximate surface area is 102 Å². The zero-order valence-electron chi connectivity index (χ0n) is 10.4. The van der Waals surface area contributed by atoms with Crippen molar-refractivity contribution in [2.75, 3.05) is 0 Å². The van der Waals surface area contributed by atoms with Gasteiger partial charge in [0.1, 0.15) is 0 Å². The Kier molecular flexibility index (Phi) is 3.40. The van der Waals surface area contributed by atoms with Crippen molar-refractivity contribution in [3.63, 3.8) is 0 Å². The van der Waals surface area contributed by atoms with Crippen LogP contribution in [-0.2, 0) is 9.59 Å². The summed E-state index contributed by atoms with van der Waals surface area (Å²) in [4.78, 5) is 22.9. The zero-order valence-corrected chi connectivity index (χ0v) is 10.4. The van der Waals surface area contributed by atoms with Crippen molar-refractivity contribution >= 4 is 11.9 Å². The summed E-state index contributed by atoms with van der Waals surface area (Å²) in [6.07, 6.45) is 5.78. The van der Waals surface area contributed by atoms with Gasteiger partial charge < -0.3 is 10.4 Å². The van der Waals surface area contributed by atoms with Crippen LogP contribution in [0.5, 0.6) is 0 Å². The van der Waals surface area contributed by atoms with Gasteiger partial charge in [0.25, 0.3) is 0 Å². The summed E-state index contributed by atoms with van der Waals surface area (Å²) < 4.78 is 0. The first-order chi connectivity index (χ1) is 8.07. The minimum Gasteiger partial charge on any atom is -0.481 e. The maximum Gasteiger partial charge on any atom is 0.310 e. The van der Waals surface area contributed by atoms with Crippen LogP contribution in [0.4, 0.5) is 0 Å². The summed E-state index contributed by atoms with van der Waals surface area (Å²) >= 11 is 0. The molecule has 1 amide bonds. The molecular weight excluding hydrogens is 218 g/mol. The molecule has 0 aliphatic heterocycles. The second-order valence-corrected chi connectivity index (χ2v) is 5.57. The van der Waals surface area contributed by atoms with E-state index in [9.17, 15) is 9.59 Å². The fourth-order valence-electron chi connectivity index (χ4n) is 2.75. The molecule has 2 fully saturated rings. The first-order valence-electron chi connectivity index (χ1n) is 6.60. The van der Waals surface area contributed by atoms with Gasteiger partial charge in [0.2, 0.25) is 5.91 Å². The van der Waals surface area contributed by atoms with E-state index in [1.54, 1.807) is 0 Å². The summed E-state index contributed by atoms with van der Waals surface area (Å²) in [5.74, 6) is -0.248. The number of carbonyl (C=O) groups excluding carboxylic acids is 1. The molecule has 2 saturated carbocycles. The van der Waals surface area contributed by atoms with E-state index in [4.69, 9.17) is 5.11 Å². The Bertz CT molecular complexity index is 323. The van der Waals surface area contributed by atoms with Gasteiger partial charge in [-0.1, -0.05) is 19.8 Å². The minimum absolute atomic E-state index is 0.0734. The standard InChI is InChI=1S/C13H21NO3/c1-2-4-9-7-10(9)14-11(15)8-13(12(16)17)5-3-6-13/h9-10H,2-8H2,1H3,(H,14,15)(H,16,17). The second kappa shape index (κ2) is 4.67. The van der Waals surface area contributed by atoms with E-state index in [0.29, 0.717) is 24.8 Å². The van der Waals surface area contributed by atoms with Gasteiger partial charge in [-0.2, -0.15) is 0 Å². The lowest BCUT2D eigenvalue weighted by molar-refractivity contribution is -0.157. The number of hydrogen-bond donors (Lipinski definition) is 2. The van der Waals surface area contributed by atoms with Crippen LogP contribution in [0.15, 0.2) is 0 Å². The second-order valence-electron chi connectivity index (χ2n) is 5.57. The average Bonchev–Trinajstić information content (AvgIpc) is 2.90. The largest absolute Gasteiger partial charge is 0.481 e. The molecule has 2 aliphatic carbocycles. The number of amides is 1. The Hall–Kier alpha value is -1.06. The molecule has 0 heterocycles. The van der Waals surface area contributed by atoms with Crippen molar-refractivity contribution < 1.29 is 14.7 Å².